The van der Waals surface area contributed by atoms with Crippen LogP contribution in [0, 0.1) is 17.7 Å². The van der Waals surface area contributed by atoms with Crippen molar-refractivity contribution in [2.24, 2.45) is 11.8 Å². The lowest BCUT2D eigenvalue weighted by Crippen LogP contribution is -2.34. The van der Waals surface area contributed by atoms with Gasteiger partial charge >= 0.3 is 5.97 Å². The molecule has 0 aromatic heterocycles. The number of carbonyl (C=O) groups excluding carboxylic acids is 2. The number of Topliss-reactive ketones (excluding diaryl/α,β-unsaturated/α-hetero) is 1. The fourth-order valence-corrected chi connectivity index (χ4v) is 4.84. The number of nitrogens with one attached hydrogen (secondary N) is 1. The molecule has 1 saturated heterocycles. The maximum Gasteiger partial charge on any atom is 0.336 e. The van der Waals surface area contributed by atoms with Crippen molar-refractivity contribution in [3.05, 3.63) is 30.1 Å². The van der Waals surface area contributed by atoms with Crippen LogP contribution in [0.3, 0.4) is 0 Å². The van der Waals surface area contributed by atoms with Crippen molar-refractivity contribution >= 4 is 68.0 Å². The van der Waals surface area contributed by atoms with E-state index in [1.165, 1.54) is 12.1 Å². The molecule has 1 fully saturated rings. The second-order valence-electron chi connectivity index (χ2n) is 8.44. The van der Waals surface area contributed by atoms with Crippen LogP contribution in [0.4, 0.5) is 4.39 Å². The quantitative estimate of drug-likeness (QED) is 0.199. The summed E-state index contributed by atoms with van der Waals surface area (Å²) in [6, 6.07) is 4.70. The van der Waals surface area contributed by atoms with Gasteiger partial charge < -0.3 is 15.2 Å². The number of unbranched alkanes of at least 4 members (excludes halogenated alkanes) is 2. The molecule has 8 nitrogen and oxygen atoms in total. The zero-order valence-electron chi connectivity index (χ0n) is 19.8. The van der Waals surface area contributed by atoms with Crippen molar-refractivity contribution in [1.82, 2.24) is 5.32 Å². The first-order valence-corrected chi connectivity index (χ1v) is 12.3. The molecule has 1 aromatic rings. The number of carbonyl (C=O) groups is 3. The molecule has 1 amide bonds. The molecular formula is C22H36FNO7S4. The van der Waals surface area contributed by atoms with E-state index >= 15 is 0 Å². The van der Waals surface area contributed by atoms with Gasteiger partial charge in [0.25, 0.3) is 0 Å². The molecule has 0 bridgehead atoms. The molecule has 0 unspecified atom stereocenters. The Balaban J connectivity index is 0. The van der Waals surface area contributed by atoms with Crippen LogP contribution in [0.25, 0.3) is 0 Å². The van der Waals surface area contributed by atoms with E-state index in [0.717, 1.165) is 12.1 Å². The first-order chi connectivity index (χ1) is 15.0. The van der Waals surface area contributed by atoms with Crippen LogP contribution in [0.15, 0.2) is 29.2 Å². The molecule has 0 saturated carbocycles. The van der Waals surface area contributed by atoms with Crippen molar-refractivity contribution in [1.29, 1.82) is 0 Å². The molecular weight excluding hydrogens is 538 g/mol. The largest absolute Gasteiger partial charge is 0.479 e. The van der Waals surface area contributed by atoms with Gasteiger partial charge in [-0.3, -0.25) is 9.59 Å². The topological polar surface area (TPSA) is 130 Å². The number of epoxide rings is 1. The van der Waals surface area contributed by atoms with Crippen molar-refractivity contribution < 1.29 is 37.0 Å². The minimum atomic E-state index is -3.48. The maximum atomic E-state index is 12.9. The van der Waals surface area contributed by atoms with E-state index in [0.29, 0.717) is 32.2 Å². The fraction of sp³-hybridized carbons (Fsp3) is 0.591. The molecule has 0 spiro atoms. The zero-order valence-corrected chi connectivity index (χ0v) is 23.6. The van der Waals surface area contributed by atoms with Crippen LogP contribution in [-0.2, 0) is 29.0 Å². The van der Waals surface area contributed by atoms with Crippen molar-refractivity contribution in [2.45, 2.75) is 63.1 Å². The summed E-state index contributed by atoms with van der Waals surface area (Å²) in [6.07, 6.45) is -0.134. The summed E-state index contributed by atoms with van der Waals surface area (Å²) in [5.41, 5.74) is 0. The Labute approximate surface area is 227 Å². The lowest BCUT2D eigenvalue weighted by atomic mass is 9.90. The molecule has 1 heterocycles. The first-order valence-electron chi connectivity index (χ1n) is 10.7. The van der Waals surface area contributed by atoms with Crippen molar-refractivity contribution in [3.63, 3.8) is 0 Å². The minimum absolute atomic E-state index is 0. The smallest absolute Gasteiger partial charge is 0.336 e. The lowest BCUT2D eigenvalue weighted by molar-refractivity contribution is -0.138. The summed E-state index contributed by atoms with van der Waals surface area (Å²) in [7, 11) is -3.48. The van der Waals surface area contributed by atoms with Crippen LogP contribution in [0.2, 0.25) is 0 Å². The fourth-order valence-electron chi connectivity index (χ4n) is 3.47. The van der Waals surface area contributed by atoms with Crippen LogP contribution in [0.1, 0.15) is 46.0 Å². The van der Waals surface area contributed by atoms with Crippen molar-refractivity contribution in [2.75, 3.05) is 12.3 Å². The average molecular weight is 574 g/mol. The number of carboxylic acid groups (broad SMARTS) is 1. The van der Waals surface area contributed by atoms with Gasteiger partial charge in [-0.2, -0.15) is 40.5 Å². The predicted octanol–water partition coefficient (Wildman–Crippen LogP) is 2.70. The molecule has 3 atom stereocenters. The highest BCUT2D eigenvalue weighted by atomic mass is 32.2. The van der Waals surface area contributed by atoms with Gasteiger partial charge in [-0.25, -0.2) is 17.6 Å². The molecule has 2 rings (SSSR count). The Hall–Kier alpha value is -1.28. The molecule has 35 heavy (non-hydrogen) atoms. The lowest BCUT2D eigenvalue weighted by Gasteiger charge is -2.18. The van der Waals surface area contributed by atoms with E-state index in [1.807, 2.05) is 13.8 Å². The number of ether oxygens (including phenoxy) is 1. The molecule has 0 aliphatic carbocycles. The van der Waals surface area contributed by atoms with Crippen LogP contribution < -0.4 is 5.32 Å². The second-order valence-corrected chi connectivity index (χ2v) is 10.5. The zero-order chi connectivity index (χ0) is 23.9. The summed E-state index contributed by atoms with van der Waals surface area (Å²) in [6.45, 7) is 4.20. The Morgan fingerprint density at radius 3 is 2.14 bits per heavy atom. The number of carboxylic acids is 1. The molecule has 2 N–H and O–H groups in total. The number of rotatable bonds is 14. The predicted molar refractivity (Wildman–Crippen MR) is 145 cm³/mol. The number of benzene rings is 1. The van der Waals surface area contributed by atoms with Gasteiger partial charge in [-0.1, -0.05) is 20.3 Å². The van der Waals surface area contributed by atoms with Gasteiger partial charge in [0.15, 0.2) is 27.8 Å². The summed E-state index contributed by atoms with van der Waals surface area (Å²) in [5, 5.41) is 11.6. The van der Waals surface area contributed by atoms with E-state index in [2.05, 4.69) is 5.32 Å². The van der Waals surface area contributed by atoms with Gasteiger partial charge in [0.1, 0.15) is 5.82 Å². The number of amides is 1. The summed E-state index contributed by atoms with van der Waals surface area (Å²) < 4.78 is 42.3. The van der Waals surface area contributed by atoms with E-state index in [1.54, 1.807) is 0 Å². The third-order valence-corrected chi connectivity index (χ3v) is 7.00. The maximum absolute atomic E-state index is 12.9. The SMILES string of the molecule is CC(C)C[C@H](CC(=O)[C@H]1O[C@@H]1C(=O)O)C(=O)NCCCCCS(=O)(=O)c1ccc(F)cc1.S.S.S. The third kappa shape index (κ3) is 12.0. The molecule has 202 valence electrons. The molecule has 13 heteroatoms. The van der Waals surface area contributed by atoms with E-state index in [-0.39, 0.29) is 75.2 Å². The highest BCUT2D eigenvalue weighted by Crippen LogP contribution is 2.27. The van der Waals surface area contributed by atoms with Gasteiger partial charge in [-0.15, -0.1) is 0 Å². The number of halogens is 1. The van der Waals surface area contributed by atoms with Crippen LogP contribution >= 0.6 is 40.5 Å². The van der Waals surface area contributed by atoms with E-state index in [4.69, 9.17) is 9.84 Å². The van der Waals surface area contributed by atoms with E-state index < -0.39 is 39.7 Å². The molecule has 0 radical (unpaired) electrons. The molecule has 1 aliphatic rings. The average Bonchev–Trinajstić information content (AvgIpc) is 3.51. The third-order valence-electron chi connectivity index (χ3n) is 5.19. The Kier molecular flexibility index (Phi) is 16.9. The van der Waals surface area contributed by atoms with Crippen LogP contribution in [-0.4, -0.2) is 55.7 Å². The van der Waals surface area contributed by atoms with Crippen molar-refractivity contribution in [3.8, 4) is 0 Å². The van der Waals surface area contributed by atoms with Gasteiger partial charge in [-0.05, 0) is 49.4 Å². The highest BCUT2D eigenvalue weighted by Gasteiger charge is 2.50. The highest BCUT2D eigenvalue weighted by molar-refractivity contribution is 7.91. The number of hydrogen-bond acceptors (Lipinski definition) is 6. The number of ketones is 1. The normalized spacial score (nSPS) is 17.3. The first kappa shape index (κ1) is 35.9. The molecule has 1 aromatic carbocycles. The van der Waals surface area contributed by atoms with Gasteiger partial charge in [0, 0.05) is 18.9 Å². The summed E-state index contributed by atoms with van der Waals surface area (Å²) >= 11 is 0. The number of hydrogen-bond donors (Lipinski definition) is 2. The monoisotopic (exact) mass is 573 g/mol. The molecule has 1 aliphatic heterocycles. The van der Waals surface area contributed by atoms with Crippen LogP contribution in [0.5, 0.6) is 0 Å². The van der Waals surface area contributed by atoms with Gasteiger partial charge in [0.05, 0.1) is 10.6 Å². The van der Waals surface area contributed by atoms with E-state index in [9.17, 15) is 27.2 Å². The summed E-state index contributed by atoms with van der Waals surface area (Å²) in [5.74, 6) is -2.81. The Morgan fingerprint density at radius 1 is 1.03 bits per heavy atom. The number of sulfone groups is 1. The number of aliphatic carboxylic acids is 1. The summed E-state index contributed by atoms with van der Waals surface area (Å²) in [4.78, 5) is 35.7. The Morgan fingerprint density at radius 2 is 1.63 bits per heavy atom. The second kappa shape index (κ2) is 16.5. The standard InChI is InChI=1S/C22H30FNO7S.3H2S/c1-14(2)12-15(13-18(25)19-20(31-19)22(27)28)21(26)24-10-4-3-5-11-32(29,30)17-8-6-16(23)7-9-17;;;/h6-9,14-15,19-20H,3-5,10-13H2,1-2H3,(H,24,26)(H,27,28);3*1H2/t15-,19-,20+;;;/m1.../s1. The minimum Gasteiger partial charge on any atom is -0.479 e. The Bertz CT molecular complexity index is 926. The van der Waals surface area contributed by atoms with Gasteiger partial charge in [0.2, 0.25) is 5.91 Å².